The third-order valence-corrected chi connectivity index (χ3v) is 3.52. The third kappa shape index (κ3) is 1.99. The SMILES string of the molecule is CC1CCNC(c2nc3c(F)cc(F)cc3[nH]2)C1. The lowest BCUT2D eigenvalue weighted by Crippen LogP contribution is -2.31. The van der Waals surface area contributed by atoms with Crippen molar-refractivity contribution in [2.75, 3.05) is 6.54 Å². The number of piperidine rings is 1. The zero-order chi connectivity index (χ0) is 12.7. The molecule has 0 amide bonds. The molecule has 2 atom stereocenters. The van der Waals surface area contributed by atoms with Crippen molar-refractivity contribution < 1.29 is 8.78 Å². The number of fused-ring (bicyclic) bond motifs is 1. The zero-order valence-electron chi connectivity index (χ0n) is 10.1. The van der Waals surface area contributed by atoms with Crippen molar-refractivity contribution in [2.24, 2.45) is 5.92 Å². The van der Waals surface area contributed by atoms with Gasteiger partial charge >= 0.3 is 0 Å². The van der Waals surface area contributed by atoms with Gasteiger partial charge < -0.3 is 10.3 Å². The topological polar surface area (TPSA) is 40.7 Å². The lowest BCUT2D eigenvalue weighted by molar-refractivity contribution is 0.317. The van der Waals surface area contributed by atoms with Gasteiger partial charge in [-0.25, -0.2) is 13.8 Å². The van der Waals surface area contributed by atoms with Gasteiger partial charge in [-0.05, 0) is 31.4 Å². The van der Waals surface area contributed by atoms with Gasteiger partial charge in [0.2, 0.25) is 0 Å². The molecule has 1 saturated heterocycles. The van der Waals surface area contributed by atoms with Gasteiger partial charge in [-0.2, -0.15) is 0 Å². The molecule has 2 unspecified atom stereocenters. The number of halogens is 2. The van der Waals surface area contributed by atoms with Gasteiger partial charge in [0.1, 0.15) is 17.2 Å². The summed E-state index contributed by atoms with van der Waals surface area (Å²) in [5.74, 6) is 0.114. The van der Waals surface area contributed by atoms with Gasteiger partial charge in [0.15, 0.2) is 5.82 Å². The Morgan fingerprint density at radius 2 is 2.17 bits per heavy atom. The van der Waals surface area contributed by atoms with E-state index < -0.39 is 11.6 Å². The molecule has 3 nitrogen and oxygen atoms in total. The summed E-state index contributed by atoms with van der Waals surface area (Å²) in [6.07, 6.45) is 2.10. The van der Waals surface area contributed by atoms with E-state index in [1.807, 2.05) is 0 Å². The highest BCUT2D eigenvalue weighted by molar-refractivity contribution is 5.75. The van der Waals surface area contributed by atoms with Crippen LogP contribution in [0.5, 0.6) is 0 Å². The summed E-state index contributed by atoms with van der Waals surface area (Å²) in [7, 11) is 0. The highest BCUT2D eigenvalue weighted by Gasteiger charge is 2.23. The van der Waals surface area contributed by atoms with E-state index in [1.54, 1.807) is 0 Å². The van der Waals surface area contributed by atoms with Crippen molar-refractivity contribution >= 4 is 11.0 Å². The molecule has 1 aromatic heterocycles. The van der Waals surface area contributed by atoms with Crippen molar-refractivity contribution in [3.8, 4) is 0 Å². The quantitative estimate of drug-likeness (QED) is 0.818. The summed E-state index contributed by atoms with van der Waals surface area (Å²) in [4.78, 5) is 7.27. The van der Waals surface area contributed by atoms with E-state index in [-0.39, 0.29) is 11.6 Å². The van der Waals surface area contributed by atoms with Gasteiger partial charge in [-0.1, -0.05) is 6.92 Å². The largest absolute Gasteiger partial charge is 0.340 e. The molecule has 0 saturated carbocycles. The number of aromatic amines is 1. The minimum absolute atomic E-state index is 0.101. The molecule has 96 valence electrons. The number of imidazole rings is 1. The van der Waals surface area contributed by atoms with Crippen molar-refractivity contribution in [2.45, 2.75) is 25.8 Å². The van der Waals surface area contributed by atoms with Crippen LogP contribution in [0.2, 0.25) is 0 Å². The predicted molar refractivity (Wildman–Crippen MR) is 65.2 cm³/mol. The minimum atomic E-state index is -0.614. The van der Waals surface area contributed by atoms with Crippen LogP contribution >= 0.6 is 0 Å². The van der Waals surface area contributed by atoms with Crippen LogP contribution in [0.1, 0.15) is 31.6 Å². The summed E-state index contributed by atoms with van der Waals surface area (Å²) >= 11 is 0. The lowest BCUT2D eigenvalue weighted by Gasteiger charge is -2.26. The molecule has 2 heterocycles. The molecule has 0 bridgehead atoms. The Bertz CT molecular complexity index is 579. The van der Waals surface area contributed by atoms with Crippen molar-refractivity contribution in [3.63, 3.8) is 0 Å². The van der Waals surface area contributed by atoms with Crippen molar-refractivity contribution in [1.82, 2.24) is 15.3 Å². The number of nitrogens with zero attached hydrogens (tertiary/aromatic N) is 1. The molecule has 0 aliphatic carbocycles. The fourth-order valence-electron chi connectivity index (χ4n) is 2.54. The molecular weight excluding hydrogens is 236 g/mol. The van der Waals surface area contributed by atoms with Crippen LogP contribution in [-0.2, 0) is 0 Å². The van der Waals surface area contributed by atoms with Crippen LogP contribution in [0.15, 0.2) is 12.1 Å². The van der Waals surface area contributed by atoms with E-state index in [0.717, 1.165) is 25.5 Å². The van der Waals surface area contributed by atoms with Crippen molar-refractivity contribution in [3.05, 3.63) is 29.6 Å². The van der Waals surface area contributed by atoms with Crippen LogP contribution in [-0.4, -0.2) is 16.5 Å². The molecule has 1 aromatic carbocycles. The highest BCUT2D eigenvalue weighted by atomic mass is 19.1. The first kappa shape index (κ1) is 11.6. The Hall–Kier alpha value is -1.49. The Labute approximate surface area is 104 Å². The Morgan fingerprint density at radius 3 is 2.94 bits per heavy atom. The summed E-state index contributed by atoms with van der Waals surface area (Å²) in [6, 6.07) is 2.24. The van der Waals surface area contributed by atoms with E-state index in [9.17, 15) is 8.78 Å². The first-order valence-corrected chi connectivity index (χ1v) is 6.21. The molecule has 0 radical (unpaired) electrons. The Kier molecular flexibility index (Phi) is 2.78. The second-order valence-electron chi connectivity index (χ2n) is 5.04. The maximum absolute atomic E-state index is 13.6. The second kappa shape index (κ2) is 4.31. The van der Waals surface area contributed by atoms with E-state index in [4.69, 9.17) is 0 Å². The monoisotopic (exact) mass is 251 g/mol. The number of H-pyrrole nitrogens is 1. The summed E-state index contributed by atoms with van der Waals surface area (Å²) < 4.78 is 26.7. The summed E-state index contributed by atoms with van der Waals surface area (Å²) in [6.45, 7) is 3.12. The maximum atomic E-state index is 13.6. The van der Waals surface area contributed by atoms with Crippen LogP contribution in [0, 0.1) is 17.6 Å². The fraction of sp³-hybridized carbons (Fsp3) is 0.462. The number of rotatable bonds is 1. The molecule has 2 N–H and O–H groups in total. The molecule has 2 aromatic rings. The average molecular weight is 251 g/mol. The number of benzene rings is 1. The predicted octanol–water partition coefficient (Wildman–Crippen LogP) is 2.90. The van der Waals surface area contributed by atoms with Gasteiger partial charge in [0.05, 0.1) is 11.6 Å². The molecule has 18 heavy (non-hydrogen) atoms. The van der Waals surface area contributed by atoms with Crippen LogP contribution < -0.4 is 5.32 Å². The van der Waals surface area contributed by atoms with Gasteiger partial charge in [-0.15, -0.1) is 0 Å². The zero-order valence-corrected chi connectivity index (χ0v) is 10.1. The Balaban J connectivity index is 2.00. The summed E-state index contributed by atoms with van der Waals surface area (Å²) in [5, 5.41) is 3.35. The minimum Gasteiger partial charge on any atom is -0.340 e. The standard InChI is InChI=1S/C13H15F2N3/c1-7-2-3-16-11(4-7)13-17-10-6-8(14)5-9(15)12(10)18-13/h5-7,11,16H,2-4H2,1H3,(H,17,18). The number of hydrogen-bond acceptors (Lipinski definition) is 2. The van der Waals surface area contributed by atoms with Crippen LogP contribution in [0.4, 0.5) is 8.78 Å². The smallest absolute Gasteiger partial charge is 0.153 e. The average Bonchev–Trinajstić information content (AvgIpc) is 2.73. The number of nitrogens with one attached hydrogen (secondary N) is 2. The molecule has 1 aliphatic heterocycles. The molecule has 1 aliphatic rings. The number of aromatic nitrogens is 2. The van der Waals surface area contributed by atoms with Gasteiger partial charge in [0, 0.05) is 6.07 Å². The van der Waals surface area contributed by atoms with E-state index in [0.29, 0.717) is 17.3 Å². The second-order valence-corrected chi connectivity index (χ2v) is 5.04. The van der Waals surface area contributed by atoms with E-state index in [1.165, 1.54) is 6.07 Å². The molecule has 0 spiro atoms. The Morgan fingerprint density at radius 1 is 1.33 bits per heavy atom. The molecular formula is C13H15F2N3. The molecule has 3 rings (SSSR count). The number of hydrogen-bond donors (Lipinski definition) is 2. The maximum Gasteiger partial charge on any atom is 0.153 e. The first-order chi connectivity index (χ1) is 8.63. The van der Waals surface area contributed by atoms with Gasteiger partial charge in [0.25, 0.3) is 0 Å². The first-order valence-electron chi connectivity index (χ1n) is 6.21. The van der Waals surface area contributed by atoms with Gasteiger partial charge in [-0.3, -0.25) is 0 Å². The molecule has 5 heteroatoms. The van der Waals surface area contributed by atoms with E-state index >= 15 is 0 Å². The van der Waals surface area contributed by atoms with Crippen LogP contribution in [0.25, 0.3) is 11.0 Å². The highest BCUT2D eigenvalue weighted by Crippen LogP contribution is 2.27. The van der Waals surface area contributed by atoms with Crippen molar-refractivity contribution in [1.29, 1.82) is 0 Å². The van der Waals surface area contributed by atoms with E-state index in [2.05, 4.69) is 22.2 Å². The lowest BCUT2D eigenvalue weighted by atomic mass is 9.94. The van der Waals surface area contributed by atoms with Crippen LogP contribution in [0.3, 0.4) is 0 Å². The molecule has 1 fully saturated rings. The fourth-order valence-corrected chi connectivity index (χ4v) is 2.54. The third-order valence-electron chi connectivity index (χ3n) is 3.52. The normalized spacial score (nSPS) is 24.6. The summed E-state index contributed by atoms with van der Waals surface area (Å²) in [5.41, 5.74) is 0.633.